The van der Waals surface area contributed by atoms with Gasteiger partial charge in [-0.1, -0.05) is 47.7 Å². The quantitative estimate of drug-likeness (QED) is 0.404. The summed E-state index contributed by atoms with van der Waals surface area (Å²) >= 11 is 0. The molecule has 2 heterocycles. The molecule has 0 saturated carbocycles. The zero-order valence-electron chi connectivity index (χ0n) is 18.0. The fourth-order valence-corrected chi connectivity index (χ4v) is 4.98. The smallest absolute Gasteiger partial charge is 0.229 e. The summed E-state index contributed by atoms with van der Waals surface area (Å²) in [5.41, 5.74) is 1.90. The van der Waals surface area contributed by atoms with E-state index in [0.717, 1.165) is 16.7 Å². The Balaban J connectivity index is 1.64. The SMILES string of the molecule is COc1ccc([C@@H](C)Nc2nc3c(S(=O)(=O)c4ccccc4)nnn3c3ccccc23)cc1. The Morgan fingerprint density at radius 2 is 1.64 bits per heavy atom. The summed E-state index contributed by atoms with van der Waals surface area (Å²) in [5.74, 6) is 1.32. The average Bonchev–Trinajstić information content (AvgIpc) is 3.30. The van der Waals surface area contributed by atoms with E-state index in [1.165, 1.54) is 16.6 Å². The standard InChI is InChI=1S/C24H21N5O3S/c1-16(17-12-14-18(32-2)15-13-17)25-22-20-10-6-7-11-21(20)29-23(26-22)24(27-28-29)33(30,31)19-8-4-3-5-9-19/h3-16H,1-2H3,(H,25,26)/t16-/m1/s1. The second kappa shape index (κ2) is 8.18. The van der Waals surface area contributed by atoms with Crippen LogP contribution >= 0.6 is 0 Å². The molecule has 1 N–H and O–H groups in total. The lowest BCUT2D eigenvalue weighted by Crippen LogP contribution is -2.10. The molecule has 3 aromatic carbocycles. The molecule has 8 nitrogen and oxygen atoms in total. The highest BCUT2D eigenvalue weighted by Crippen LogP contribution is 2.30. The van der Waals surface area contributed by atoms with Crippen LogP contribution in [0.15, 0.2) is 88.8 Å². The van der Waals surface area contributed by atoms with E-state index in [-0.39, 0.29) is 21.6 Å². The molecule has 0 aliphatic heterocycles. The van der Waals surface area contributed by atoms with E-state index in [9.17, 15) is 8.42 Å². The molecular weight excluding hydrogens is 438 g/mol. The third-order valence-corrected chi connectivity index (χ3v) is 7.17. The molecule has 2 aromatic heterocycles. The Hall–Kier alpha value is -3.98. The molecule has 0 amide bonds. The maximum Gasteiger partial charge on any atom is 0.229 e. The molecule has 5 rings (SSSR count). The Bertz CT molecular complexity index is 1550. The maximum atomic E-state index is 13.3. The van der Waals surface area contributed by atoms with Gasteiger partial charge in [-0.05, 0) is 48.9 Å². The van der Waals surface area contributed by atoms with Crippen molar-refractivity contribution in [3.8, 4) is 5.75 Å². The first-order valence-corrected chi connectivity index (χ1v) is 11.8. The van der Waals surface area contributed by atoms with Crippen LogP contribution < -0.4 is 10.1 Å². The molecule has 9 heteroatoms. The number of aromatic nitrogens is 4. The average molecular weight is 460 g/mol. The molecule has 0 radical (unpaired) electrons. The predicted octanol–water partition coefficient (Wildman–Crippen LogP) is 4.29. The van der Waals surface area contributed by atoms with Crippen molar-refractivity contribution in [1.82, 2.24) is 19.8 Å². The zero-order chi connectivity index (χ0) is 23.0. The van der Waals surface area contributed by atoms with Crippen molar-refractivity contribution >= 4 is 32.2 Å². The highest BCUT2D eigenvalue weighted by molar-refractivity contribution is 7.91. The van der Waals surface area contributed by atoms with Gasteiger partial charge in [0.25, 0.3) is 0 Å². The minimum Gasteiger partial charge on any atom is -0.497 e. The number of rotatable bonds is 6. The van der Waals surface area contributed by atoms with E-state index in [2.05, 4.69) is 20.6 Å². The minimum absolute atomic E-state index is 0.0978. The number of ether oxygens (including phenoxy) is 1. The van der Waals surface area contributed by atoms with Crippen molar-refractivity contribution in [3.63, 3.8) is 0 Å². The summed E-state index contributed by atoms with van der Waals surface area (Å²) in [7, 11) is -2.27. The van der Waals surface area contributed by atoms with E-state index in [1.54, 1.807) is 25.3 Å². The Morgan fingerprint density at radius 3 is 2.36 bits per heavy atom. The van der Waals surface area contributed by atoms with E-state index in [4.69, 9.17) is 4.74 Å². The molecule has 0 aliphatic carbocycles. The summed E-state index contributed by atoms with van der Waals surface area (Å²) in [6.45, 7) is 2.01. The van der Waals surface area contributed by atoms with Gasteiger partial charge >= 0.3 is 0 Å². The van der Waals surface area contributed by atoms with Crippen LogP contribution in [0.1, 0.15) is 18.5 Å². The molecule has 5 aromatic rings. The van der Waals surface area contributed by atoms with Gasteiger partial charge in [0.1, 0.15) is 11.6 Å². The van der Waals surface area contributed by atoms with Crippen molar-refractivity contribution in [2.45, 2.75) is 22.9 Å². The Kier molecular flexibility index (Phi) is 5.18. The molecule has 0 bridgehead atoms. The van der Waals surface area contributed by atoms with E-state index >= 15 is 0 Å². The number of fused-ring (bicyclic) bond motifs is 3. The molecule has 1 atom stereocenters. The lowest BCUT2D eigenvalue weighted by Gasteiger charge is -2.17. The van der Waals surface area contributed by atoms with Crippen molar-refractivity contribution in [1.29, 1.82) is 0 Å². The van der Waals surface area contributed by atoms with Crippen LogP contribution in [0.5, 0.6) is 5.75 Å². The third-order valence-electron chi connectivity index (χ3n) is 5.50. The van der Waals surface area contributed by atoms with Gasteiger partial charge in [0.2, 0.25) is 14.9 Å². The number of hydrogen-bond donors (Lipinski definition) is 1. The van der Waals surface area contributed by atoms with Gasteiger partial charge in [-0.15, -0.1) is 5.10 Å². The molecule has 0 aliphatic rings. The van der Waals surface area contributed by atoms with Crippen LogP contribution in [-0.2, 0) is 9.84 Å². The van der Waals surface area contributed by atoms with E-state index in [0.29, 0.717) is 11.3 Å². The van der Waals surface area contributed by atoms with Gasteiger partial charge in [0.15, 0.2) is 5.65 Å². The second-order valence-electron chi connectivity index (χ2n) is 7.56. The van der Waals surface area contributed by atoms with Crippen LogP contribution in [0.4, 0.5) is 5.82 Å². The third kappa shape index (κ3) is 3.66. The number of methoxy groups -OCH3 is 1. The van der Waals surface area contributed by atoms with Gasteiger partial charge < -0.3 is 10.1 Å². The number of benzene rings is 3. The molecule has 166 valence electrons. The monoisotopic (exact) mass is 459 g/mol. The molecule has 33 heavy (non-hydrogen) atoms. The number of hydrogen-bond acceptors (Lipinski definition) is 7. The second-order valence-corrected chi connectivity index (χ2v) is 9.43. The largest absolute Gasteiger partial charge is 0.497 e. The molecular formula is C24H21N5O3S. The van der Waals surface area contributed by atoms with Crippen LogP contribution in [0.3, 0.4) is 0 Å². The highest BCUT2D eigenvalue weighted by Gasteiger charge is 2.27. The first-order chi connectivity index (χ1) is 16.0. The van der Waals surface area contributed by atoms with Gasteiger partial charge in [0.05, 0.1) is 17.5 Å². The zero-order valence-corrected chi connectivity index (χ0v) is 18.8. The summed E-state index contributed by atoms with van der Waals surface area (Å²) in [5, 5.41) is 12.2. The lowest BCUT2D eigenvalue weighted by atomic mass is 10.1. The first-order valence-electron chi connectivity index (χ1n) is 10.3. The van der Waals surface area contributed by atoms with Gasteiger partial charge in [-0.3, -0.25) is 0 Å². The summed E-state index contributed by atoms with van der Waals surface area (Å²) in [6, 6.07) is 23.4. The van der Waals surface area contributed by atoms with E-state index in [1.807, 2.05) is 55.5 Å². The summed E-state index contributed by atoms with van der Waals surface area (Å²) < 4.78 is 33.3. The molecule has 0 unspecified atom stereocenters. The fraction of sp³-hybridized carbons (Fsp3) is 0.125. The topological polar surface area (TPSA) is 98.5 Å². The fourth-order valence-electron chi connectivity index (χ4n) is 3.72. The Labute approximate surface area is 190 Å². The van der Waals surface area contributed by atoms with Gasteiger partial charge in [-0.25, -0.2) is 13.4 Å². The highest BCUT2D eigenvalue weighted by atomic mass is 32.2. The van der Waals surface area contributed by atoms with Gasteiger partial charge in [0, 0.05) is 11.4 Å². The van der Waals surface area contributed by atoms with Crippen LogP contribution in [0, 0.1) is 0 Å². The summed E-state index contributed by atoms with van der Waals surface area (Å²) in [4.78, 5) is 4.82. The first kappa shape index (κ1) is 20.9. The number of nitrogens with zero attached hydrogens (tertiary/aromatic N) is 4. The van der Waals surface area contributed by atoms with Crippen LogP contribution in [-0.4, -0.2) is 35.3 Å². The van der Waals surface area contributed by atoms with Crippen molar-refractivity contribution < 1.29 is 13.2 Å². The predicted molar refractivity (Wildman–Crippen MR) is 125 cm³/mol. The van der Waals surface area contributed by atoms with E-state index < -0.39 is 9.84 Å². The molecule has 0 spiro atoms. The van der Waals surface area contributed by atoms with Crippen LogP contribution in [0.2, 0.25) is 0 Å². The lowest BCUT2D eigenvalue weighted by molar-refractivity contribution is 0.414. The summed E-state index contributed by atoms with van der Waals surface area (Å²) in [6.07, 6.45) is 0. The normalized spacial score (nSPS) is 12.7. The van der Waals surface area contributed by atoms with Crippen molar-refractivity contribution in [2.75, 3.05) is 12.4 Å². The van der Waals surface area contributed by atoms with Crippen molar-refractivity contribution in [2.24, 2.45) is 0 Å². The molecule has 0 fully saturated rings. The number of sulfone groups is 1. The Morgan fingerprint density at radius 1 is 0.939 bits per heavy atom. The number of para-hydroxylation sites is 1. The van der Waals surface area contributed by atoms with Crippen LogP contribution in [0.25, 0.3) is 16.6 Å². The molecule has 0 saturated heterocycles. The van der Waals surface area contributed by atoms with Gasteiger partial charge in [-0.2, -0.15) is 4.52 Å². The minimum atomic E-state index is -3.89. The maximum absolute atomic E-state index is 13.3. The van der Waals surface area contributed by atoms with Crippen molar-refractivity contribution in [3.05, 3.63) is 84.4 Å². The number of nitrogens with one attached hydrogen (secondary N) is 1. The number of anilines is 1.